The minimum Gasteiger partial charge on any atom is -0.481 e. The number of rotatable bonds is 10. The van der Waals surface area contributed by atoms with Gasteiger partial charge in [0, 0.05) is 33.3 Å². The Morgan fingerprint density at radius 1 is 1.00 bits per heavy atom. The van der Waals surface area contributed by atoms with Gasteiger partial charge in [-0.05, 0) is 92.1 Å². The van der Waals surface area contributed by atoms with Crippen LogP contribution in [0.5, 0.6) is 0 Å². The van der Waals surface area contributed by atoms with E-state index < -0.39 is 5.97 Å². The molecule has 42 heavy (non-hydrogen) atoms. The number of anilines is 2. The Morgan fingerprint density at radius 3 is 2.40 bits per heavy atom. The molecule has 0 saturated carbocycles. The van der Waals surface area contributed by atoms with Gasteiger partial charge in [0.15, 0.2) is 5.13 Å². The molecule has 1 amide bonds. The van der Waals surface area contributed by atoms with Crippen molar-refractivity contribution in [2.45, 2.75) is 52.5 Å². The summed E-state index contributed by atoms with van der Waals surface area (Å²) in [6.45, 7) is 4.72. The maximum atomic E-state index is 12.4. The number of benzene rings is 3. The number of carbonyl (C=O) groups excluding carboxylic acids is 1. The van der Waals surface area contributed by atoms with Crippen molar-refractivity contribution in [3.05, 3.63) is 105 Å². The molecule has 0 unspecified atom stereocenters. The molecule has 2 N–H and O–H groups in total. The van der Waals surface area contributed by atoms with E-state index in [0.717, 1.165) is 55.9 Å². The van der Waals surface area contributed by atoms with Crippen molar-refractivity contribution in [3.8, 4) is 11.3 Å². The molecule has 4 aromatic rings. The van der Waals surface area contributed by atoms with E-state index in [2.05, 4.69) is 53.5 Å². The van der Waals surface area contributed by atoms with Crippen molar-refractivity contribution < 1.29 is 14.7 Å². The van der Waals surface area contributed by atoms with Gasteiger partial charge >= 0.3 is 5.97 Å². The lowest BCUT2D eigenvalue weighted by molar-refractivity contribution is -0.136. The highest BCUT2D eigenvalue weighted by atomic mass is 35.5. The van der Waals surface area contributed by atoms with E-state index >= 15 is 0 Å². The summed E-state index contributed by atoms with van der Waals surface area (Å²) < 4.78 is 0. The molecule has 0 fully saturated rings. The van der Waals surface area contributed by atoms with Gasteiger partial charge in [0.1, 0.15) is 0 Å². The smallest absolute Gasteiger partial charge is 0.305 e. The molecule has 0 radical (unpaired) electrons. The van der Waals surface area contributed by atoms with Crippen LogP contribution < -0.4 is 10.2 Å². The van der Waals surface area contributed by atoms with Gasteiger partial charge in [-0.2, -0.15) is 0 Å². The van der Waals surface area contributed by atoms with Crippen molar-refractivity contribution in [2.24, 2.45) is 0 Å². The Balaban J connectivity index is 1.44. The highest BCUT2D eigenvalue weighted by molar-refractivity contribution is 7.16. The zero-order valence-corrected chi connectivity index (χ0v) is 25.4. The fraction of sp³-hybridized carbons (Fsp3) is 0.265. The summed E-state index contributed by atoms with van der Waals surface area (Å²) in [4.78, 5) is 31.6. The van der Waals surface area contributed by atoms with Gasteiger partial charge < -0.3 is 15.3 Å². The topological polar surface area (TPSA) is 82.5 Å². The zero-order chi connectivity index (χ0) is 29.6. The average Bonchev–Trinajstić information content (AvgIpc) is 3.39. The van der Waals surface area contributed by atoms with E-state index in [9.17, 15) is 9.59 Å². The molecule has 0 aliphatic heterocycles. The normalized spacial score (nSPS) is 13.0. The number of nitrogens with zero attached hydrogens (tertiary/aromatic N) is 2. The molecular formula is C34H34ClN3O3S. The number of carbonyl (C=O) groups is 2. The van der Waals surface area contributed by atoms with E-state index in [4.69, 9.17) is 21.7 Å². The zero-order valence-electron chi connectivity index (χ0n) is 23.8. The predicted molar refractivity (Wildman–Crippen MR) is 172 cm³/mol. The maximum Gasteiger partial charge on any atom is 0.305 e. The molecule has 8 heteroatoms. The lowest BCUT2D eigenvalue weighted by atomic mass is 9.93. The Kier molecular flexibility index (Phi) is 9.40. The highest BCUT2D eigenvalue weighted by Gasteiger charge is 2.19. The summed E-state index contributed by atoms with van der Waals surface area (Å²) in [6, 6.07) is 22.2. The largest absolute Gasteiger partial charge is 0.481 e. The van der Waals surface area contributed by atoms with Gasteiger partial charge in [-0.3, -0.25) is 9.59 Å². The molecule has 0 bridgehead atoms. The minimum absolute atomic E-state index is 0.0918. The average molecular weight is 600 g/mol. The molecule has 0 atom stereocenters. The first kappa shape index (κ1) is 29.5. The monoisotopic (exact) mass is 599 g/mol. The van der Waals surface area contributed by atoms with E-state index in [1.54, 1.807) is 23.5 Å². The lowest BCUT2D eigenvalue weighted by Gasteiger charge is -2.23. The van der Waals surface area contributed by atoms with Crippen molar-refractivity contribution in [1.29, 1.82) is 0 Å². The molecular weight excluding hydrogens is 566 g/mol. The molecule has 0 saturated heterocycles. The molecule has 1 heterocycles. The number of amides is 1. The number of aromatic nitrogens is 1. The number of carboxylic acids is 1. The number of hydrogen-bond acceptors (Lipinski definition) is 5. The third-order valence-corrected chi connectivity index (χ3v) is 8.88. The van der Waals surface area contributed by atoms with E-state index in [1.165, 1.54) is 24.0 Å². The molecule has 1 aliphatic rings. The number of thiazole rings is 1. The van der Waals surface area contributed by atoms with Crippen LogP contribution in [-0.2, 0) is 11.3 Å². The quantitative estimate of drug-likeness (QED) is 0.191. The molecule has 3 aromatic carbocycles. The second kappa shape index (κ2) is 13.4. The summed E-state index contributed by atoms with van der Waals surface area (Å²) >= 11 is 8.09. The summed E-state index contributed by atoms with van der Waals surface area (Å²) in [5.74, 6) is -1.23. The summed E-state index contributed by atoms with van der Waals surface area (Å²) in [7, 11) is 0. The first-order valence-corrected chi connectivity index (χ1v) is 15.4. The van der Waals surface area contributed by atoms with E-state index in [1.807, 2.05) is 31.2 Å². The van der Waals surface area contributed by atoms with Crippen LogP contribution >= 0.6 is 22.9 Å². The molecule has 0 spiro atoms. The third-order valence-electron chi connectivity index (χ3n) is 7.48. The van der Waals surface area contributed by atoms with Gasteiger partial charge in [-0.25, -0.2) is 4.98 Å². The highest BCUT2D eigenvalue weighted by Crippen LogP contribution is 2.38. The van der Waals surface area contributed by atoms with E-state index in [0.29, 0.717) is 12.1 Å². The van der Waals surface area contributed by atoms with E-state index in [-0.39, 0.29) is 18.9 Å². The van der Waals surface area contributed by atoms with Crippen LogP contribution in [0.1, 0.15) is 64.0 Å². The van der Waals surface area contributed by atoms with Crippen molar-refractivity contribution in [2.75, 3.05) is 11.4 Å². The molecule has 216 valence electrons. The SMILES string of the molecule is Cc1ccc(-c2nc(N(Cc3ccc(C(=O)NCCC(=O)O)cc3)c3ccc(C4=CCCCC4)cc3)sc2C)cc1Cl. The number of hydrogen-bond donors (Lipinski definition) is 2. The van der Waals surface area contributed by atoms with Crippen molar-refractivity contribution in [1.82, 2.24) is 10.3 Å². The van der Waals surface area contributed by atoms with Gasteiger partial charge in [-0.15, -0.1) is 11.3 Å². The minimum atomic E-state index is -0.944. The summed E-state index contributed by atoms with van der Waals surface area (Å²) in [6.07, 6.45) is 7.00. The first-order chi connectivity index (χ1) is 20.3. The second-order valence-electron chi connectivity index (χ2n) is 10.6. The van der Waals surface area contributed by atoms with Crippen LogP contribution in [-0.4, -0.2) is 28.5 Å². The Hall–Kier alpha value is -3.94. The lowest BCUT2D eigenvalue weighted by Crippen LogP contribution is -2.26. The Labute approximate surface area is 255 Å². The van der Waals surface area contributed by atoms with Crippen molar-refractivity contribution >= 4 is 51.2 Å². The van der Waals surface area contributed by atoms with Gasteiger partial charge in [0.2, 0.25) is 0 Å². The number of carboxylic acid groups (broad SMARTS) is 1. The molecule has 1 aromatic heterocycles. The molecule has 1 aliphatic carbocycles. The third kappa shape index (κ3) is 7.09. The van der Waals surface area contributed by atoms with Gasteiger partial charge in [0.05, 0.1) is 18.7 Å². The Bertz CT molecular complexity index is 1610. The van der Waals surface area contributed by atoms with Crippen molar-refractivity contribution in [3.63, 3.8) is 0 Å². The number of aryl methyl sites for hydroxylation is 2. The summed E-state index contributed by atoms with van der Waals surface area (Å²) in [5, 5.41) is 13.1. The molecule has 5 rings (SSSR count). The van der Waals surface area contributed by atoms with Crippen LogP contribution in [0.3, 0.4) is 0 Å². The van der Waals surface area contributed by atoms with Gasteiger partial charge in [-0.1, -0.05) is 54.1 Å². The number of nitrogens with one attached hydrogen (secondary N) is 1. The predicted octanol–water partition coefficient (Wildman–Crippen LogP) is 8.58. The summed E-state index contributed by atoms with van der Waals surface area (Å²) in [5.41, 5.74) is 8.16. The second-order valence-corrected chi connectivity index (χ2v) is 12.2. The van der Waals surface area contributed by atoms with Crippen LogP contribution in [0.4, 0.5) is 10.8 Å². The number of aliphatic carboxylic acids is 1. The van der Waals surface area contributed by atoms with Crippen LogP contribution in [0.15, 0.2) is 72.8 Å². The van der Waals surface area contributed by atoms with Crippen LogP contribution in [0.2, 0.25) is 5.02 Å². The molecule has 6 nitrogen and oxygen atoms in total. The van der Waals surface area contributed by atoms with Crippen LogP contribution in [0.25, 0.3) is 16.8 Å². The number of halogens is 1. The van der Waals surface area contributed by atoms with Crippen LogP contribution in [0, 0.1) is 13.8 Å². The fourth-order valence-corrected chi connectivity index (χ4v) is 6.19. The first-order valence-electron chi connectivity index (χ1n) is 14.2. The Morgan fingerprint density at radius 2 is 1.74 bits per heavy atom. The standard InChI is InChI=1S/C34H34ClN3O3S/c1-22-8-11-28(20-30(22)35)32-23(2)42-34(37-32)38(29-16-14-26(15-17-29)25-6-4-3-5-7-25)21-24-9-12-27(13-10-24)33(41)36-19-18-31(39)40/h6,8-17,20H,3-5,7,18-19,21H2,1-2H3,(H,36,41)(H,39,40). The maximum absolute atomic E-state index is 12.4. The fourth-order valence-electron chi connectivity index (χ4n) is 5.06. The number of allylic oxidation sites excluding steroid dienone is 2. The van der Waals surface area contributed by atoms with Gasteiger partial charge in [0.25, 0.3) is 5.91 Å².